The van der Waals surface area contributed by atoms with Crippen molar-refractivity contribution in [3.63, 3.8) is 0 Å². The van der Waals surface area contributed by atoms with Crippen LogP contribution in [-0.4, -0.2) is 43.2 Å². The molecule has 1 atom stereocenters. The van der Waals surface area contributed by atoms with Gasteiger partial charge in [0.2, 0.25) is 5.91 Å². The molecular formula is C15H20ClF3N2O2S. The Balaban J connectivity index is 0.00000288. The fraction of sp³-hybridized carbons (Fsp3) is 0.533. The Kier molecular flexibility index (Phi) is 8.72. The molecule has 0 aliphatic carbocycles. The molecule has 136 valence electrons. The largest absolute Gasteiger partial charge is 0.491 e. The molecule has 1 heterocycles. The average molecular weight is 385 g/mol. The van der Waals surface area contributed by atoms with Gasteiger partial charge >= 0.3 is 6.18 Å². The minimum Gasteiger partial charge on any atom is -0.491 e. The minimum atomic E-state index is -4.45. The van der Waals surface area contributed by atoms with Gasteiger partial charge in [-0.1, -0.05) is 12.1 Å². The molecular weight excluding hydrogens is 365 g/mol. The van der Waals surface area contributed by atoms with Crippen LogP contribution in [0.3, 0.4) is 0 Å². The Morgan fingerprint density at radius 3 is 2.79 bits per heavy atom. The number of amides is 1. The first kappa shape index (κ1) is 20.9. The van der Waals surface area contributed by atoms with Crippen molar-refractivity contribution in [1.82, 2.24) is 10.6 Å². The van der Waals surface area contributed by atoms with E-state index in [0.29, 0.717) is 6.42 Å². The molecule has 2 rings (SSSR count). The number of hydrogen-bond acceptors (Lipinski definition) is 4. The summed E-state index contributed by atoms with van der Waals surface area (Å²) in [6.45, 7) is 1.05. The maximum absolute atomic E-state index is 12.8. The summed E-state index contributed by atoms with van der Waals surface area (Å²) in [6.07, 6.45) is -4.09. The van der Waals surface area contributed by atoms with E-state index in [1.165, 1.54) is 18.2 Å². The van der Waals surface area contributed by atoms with E-state index >= 15 is 0 Å². The van der Waals surface area contributed by atoms with Gasteiger partial charge in [-0.15, -0.1) is 12.4 Å². The van der Waals surface area contributed by atoms with Crippen LogP contribution in [0.25, 0.3) is 0 Å². The van der Waals surface area contributed by atoms with Crippen molar-refractivity contribution < 1.29 is 22.7 Å². The van der Waals surface area contributed by atoms with Crippen LogP contribution in [0, 0.1) is 0 Å². The fourth-order valence-corrected chi connectivity index (χ4v) is 3.17. The summed E-state index contributed by atoms with van der Waals surface area (Å²) in [7, 11) is 0. The number of benzene rings is 1. The van der Waals surface area contributed by atoms with Crippen LogP contribution in [0.15, 0.2) is 24.3 Å². The Hall–Kier alpha value is -1.12. The predicted octanol–water partition coefficient (Wildman–Crippen LogP) is 2.72. The minimum absolute atomic E-state index is 0. The van der Waals surface area contributed by atoms with Gasteiger partial charge in [0.15, 0.2) is 0 Å². The zero-order valence-corrected chi connectivity index (χ0v) is 14.5. The Morgan fingerprint density at radius 2 is 2.12 bits per heavy atom. The molecule has 24 heavy (non-hydrogen) atoms. The number of thioether (sulfide) groups is 1. The Morgan fingerprint density at radius 1 is 1.38 bits per heavy atom. The van der Waals surface area contributed by atoms with E-state index < -0.39 is 11.7 Å². The third-order valence-corrected chi connectivity index (χ3v) is 4.44. The number of carbonyl (C=O) groups is 1. The maximum atomic E-state index is 12.8. The van der Waals surface area contributed by atoms with Crippen molar-refractivity contribution in [3.8, 4) is 5.75 Å². The van der Waals surface area contributed by atoms with E-state index in [0.717, 1.165) is 24.1 Å². The topological polar surface area (TPSA) is 50.4 Å². The first-order valence-corrected chi connectivity index (χ1v) is 8.49. The number of nitrogens with one attached hydrogen (secondary N) is 2. The van der Waals surface area contributed by atoms with E-state index in [4.69, 9.17) is 4.74 Å². The molecule has 1 aliphatic rings. The second-order valence-corrected chi connectivity index (χ2v) is 6.27. The number of hydrogen-bond donors (Lipinski definition) is 2. The third kappa shape index (κ3) is 6.78. The van der Waals surface area contributed by atoms with Gasteiger partial charge in [0.1, 0.15) is 12.4 Å². The molecule has 1 aromatic rings. The van der Waals surface area contributed by atoms with Crippen LogP contribution in [0.5, 0.6) is 5.75 Å². The molecule has 1 aromatic carbocycles. The van der Waals surface area contributed by atoms with Crippen molar-refractivity contribution in [2.45, 2.75) is 18.6 Å². The van der Waals surface area contributed by atoms with Gasteiger partial charge in [-0.05, 0) is 12.1 Å². The second kappa shape index (κ2) is 10.0. The third-order valence-electron chi connectivity index (χ3n) is 3.30. The van der Waals surface area contributed by atoms with Crippen molar-refractivity contribution in [2.24, 2.45) is 0 Å². The van der Waals surface area contributed by atoms with Crippen LogP contribution in [0.1, 0.15) is 12.0 Å². The van der Waals surface area contributed by atoms with Crippen LogP contribution >= 0.6 is 24.2 Å². The number of ether oxygens (including phenoxy) is 1. The first-order chi connectivity index (χ1) is 11.0. The van der Waals surface area contributed by atoms with Gasteiger partial charge in [-0.25, -0.2) is 0 Å². The number of alkyl halides is 3. The smallest absolute Gasteiger partial charge is 0.419 e. The monoisotopic (exact) mass is 384 g/mol. The van der Waals surface area contributed by atoms with E-state index in [9.17, 15) is 18.0 Å². The van der Waals surface area contributed by atoms with E-state index in [1.54, 1.807) is 11.8 Å². The van der Waals surface area contributed by atoms with Crippen LogP contribution in [0.2, 0.25) is 0 Å². The molecule has 4 nitrogen and oxygen atoms in total. The zero-order valence-electron chi connectivity index (χ0n) is 12.9. The quantitative estimate of drug-likeness (QED) is 0.740. The lowest BCUT2D eigenvalue weighted by Crippen LogP contribution is -2.41. The summed E-state index contributed by atoms with van der Waals surface area (Å²) in [5.41, 5.74) is -0.810. The van der Waals surface area contributed by atoms with E-state index in [1.807, 2.05) is 0 Å². The van der Waals surface area contributed by atoms with Crippen LogP contribution in [0.4, 0.5) is 13.2 Å². The molecule has 0 saturated carbocycles. The Bertz CT molecular complexity index is 526. The van der Waals surface area contributed by atoms with Crippen LogP contribution in [-0.2, 0) is 11.0 Å². The number of para-hydroxylation sites is 1. The van der Waals surface area contributed by atoms with Gasteiger partial charge in [0, 0.05) is 30.5 Å². The van der Waals surface area contributed by atoms with Crippen molar-refractivity contribution in [3.05, 3.63) is 29.8 Å². The molecule has 0 spiro atoms. The Labute approximate surface area is 149 Å². The molecule has 9 heteroatoms. The molecule has 1 aliphatic heterocycles. The summed E-state index contributed by atoms with van der Waals surface area (Å²) in [6, 6.07) is 5.19. The van der Waals surface area contributed by atoms with Gasteiger partial charge in [0.05, 0.1) is 12.1 Å². The molecule has 0 radical (unpaired) electrons. The zero-order chi connectivity index (χ0) is 16.7. The number of carbonyl (C=O) groups excluding carboxylic acids is 1. The molecule has 1 saturated heterocycles. The number of rotatable bonds is 6. The molecule has 1 fully saturated rings. The summed E-state index contributed by atoms with van der Waals surface area (Å²) in [5.74, 6) is 1.59. The summed E-state index contributed by atoms with van der Waals surface area (Å²) in [5, 5.41) is 5.92. The average Bonchev–Trinajstić information content (AvgIpc) is 2.52. The van der Waals surface area contributed by atoms with Gasteiger partial charge in [0.25, 0.3) is 0 Å². The van der Waals surface area contributed by atoms with Crippen molar-refractivity contribution in [2.75, 3.05) is 31.2 Å². The highest BCUT2D eigenvalue weighted by Crippen LogP contribution is 2.35. The summed E-state index contributed by atoms with van der Waals surface area (Å²) < 4.78 is 43.5. The molecule has 0 aromatic heterocycles. The van der Waals surface area contributed by atoms with E-state index in [2.05, 4.69) is 10.6 Å². The lowest BCUT2D eigenvalue weighted by molar-refractivity contribution is -0.139. The highest BCUT2D eigenvalue weighted by atomic mass is 35.5. The van der Waals surface area contributed by atoms with Crippen molar-refractivity contribution >= 4 is 30.1 Å². The van der Waals surface area contributed by atoms with E-state index in [-0.39, 0.29) is 43.3 Å². The standard InChI is InChI=1S/C15H19F3N2O2S.ClH/c16-15(17,18)12-3-1-2-4-13(12)22-7-5-20-14(21)9-11-10-23-8-6-19-11;/h1-4,11,19H,5-10H2,(H,20,21);1H. The van der Waals surface area contributed by atoms with Crippen molar-refractivity contribution in [1.29, 1.82) is 0 Å². The lowest BCUT2D eigenvalue weighted by Gasteiger charge is -2.22. The summed E-state index contributed by atoms with van der Waals surface area (Å²) >= 11 is 1.80. The van der Waals surface area contributed by atoms with Gasteiger partial charge < -0.3 is 15.4 Å². The second-order valence-electron chi connectivity index (χ2n) is 5.12. The molecule has 1 unspecified atom stereocenters. The van der Waals surface area contributed by atoms with Crippen LogP contribution < -0.4 is 15.4 Å². The number of halogens is 4. The fourth-order valence-electron chi connectivity index (χ4n) is 2.22. The normalized spacial score (nSPS) is 17.7. The van der Waals surface area contributed by atoms with Gasteiger partial charge in [-0.2, -0.15) is 24.9 Å². The SMILES string of the molecule is Cl.O=C(CC1CSCCN1)NCCOc1ccccc1C(F)(F)F. The van der Waals surface area contributed by atoms with Gasteiger partial charge in [-0.3, -0.25) is 4.79 Å². The summed E-state index contributed by atoms with van der Waals surface area (Å²) in [4.78, 5) is 11.8. The maximum Gasteiger partial charge on any atom is 0.419 e. The molecule has 0 bridgehead atoms. The highest BCUT2D eigenvalue weighted by molar-refractivity contribution is 7.99. The molecule has 1 amide bonds. The lowest BCUT2D eigenvalue weighted by atomic mass is 10.2. The highest BCUT2D eigenvalue weighted by Gasteiger charge is 2.33. The first-order valence-electron chi connectivity index (χ1n) is 7.33. The molecule has 2 N–H and O–H groups in total. The predicted molar refractivity (Wildman–Crippen MR) is 90.9 cm³/mol.